The van der Waals surface area contributed by atoms with Gasteiger partial charge in [0.1, 0.15) is 10.7 Å². The molecule has 0 bridgehead atoms. The molecule has 0 aliphatic heterocycles. The number of benzene rings is 1. The van der Waals surface area contributed by atoms with E-state index < -0.39 is 0 Å². The topological polar surface area (TPSA) is 49.3 Å². The van der Waals surface area contributed by atoms with Crippen molar-refractivity contribution < 1.29 is 9.90 Å². The molecular weight excluding hydrogens is 258 g/mol. The number of aliphatic hydroxyl groups is 1. The van der Waals surface area contributed by atoms with Gasteiger partial charge in [-0.3, -0.25) is 4.79 Å². The summed E-state index contributed by atoms with van der Waals surface area (Å²) < 4.78 is 0. The molecule has 1 aromatic rings. The first kappa shape index (κ1) is 13.9. The maximum atomic E-state index is 11.9. The minimum absolute atomic E-state index is 0.00791. The molecule has 0 saturated heterocycles. The van der Waals surface area contributed by atoms with E-state index in [1.165, 1.54) is 18.7 Å². The van der Waals surface area contributed by atoms with E-state index in [9.17, 15) is 9.90 Å². The lowest BCUT2D eigenvalue weighted by atomic mass is 10.3. The quantitative estimate of drug-likeness (QED) is 0.490. The van der Waals surface area contributed by atoms with Crippen molar-refractivity contribution in [2.45, 2.75) is 6.92 Å². The molecule has 0 aromatic heterocycles. The summed E-state index contributed by atoms with van der Waals surface area (Å²) in [6.07, 6.45) is 0. The minimum Gasteiger partial charge on any atom is -0.511 e. The highest BCUT2D eigenvalue weighted by Gasteiger charge is 2.13. The van der Waals surface area contributed by atoms with Crippen molar-refractivity contribution in [3.05, 3.63) is 41.0 Å². The van der Waals surface area contributed by atoms with Crippen LogP contribution in [0.15, 0.2) is 41.0 Å². The Balaban J connectivity index is 2.70. The van der Waals surface area contributed by atoms with Crippen LogP contribution in [0, 0.1) is 0 Å². The summed E-state index contributed by atoms with van der Waals surface area (Å²) >= 11 is 6.80. The Labute approximate surface area is 110 Å². The third kappa shape index (κ3) is 4.71. The van der Waals surface area contributed by atoms with Gasteiger partial charge in [-0.15, -0.1) is 23.4 Å². The second kappa shape index (κ2) is 7.25. The number of halogens is 1. The molecule has 17 heavy (non-hydrogen) atoms. The number of carbonyl (C=O) groups excluding carboxylic acids is 1. The summed E-state index contributed by atoms with van der Waals surface area (Å²) in [5, 5.41) is 12.2. The summed E-state index contributed by atoms with van der Waals surface area (Å²) in [7, 11) is 0. The number of hydrogen-bond donors (Lipinski definition) is 2. The molecule has 0 aliphatic rings. The fourth-order valence-electron chi connectivity index (χ4n) is 1.18. The lowest BCUT2D eigenvalue weighted by Gasteiger charge is -2.08. The maximum absolute atomic E-state index is 11.9. The predicted molar refractivity (Wildman–Crippen MR) is 73.6 cm³/mol. The Bertz CT molecular complexity index is 402. The molecular formula is C12H14ClNO2S. The van der Waals surface area contributed by atoms with Crippen LogP contribution in [-0.4, -0.2) is 22.6 Å². The van der Waals surface area contributed by atoms with Crippen molar-refractivity contribution in [3.63, 3.8) is 0 Å². The number of nitrogens with one attached hydrogen (secondary N) is 1. The Kier molecular flexibility index (Phi) is 5.94. The van der Waals surface area contributed by atoms with Crippen molar-refractivity contribution >= 4 is 35.0 Å². The molecule has 5 heteroatoms. The zero-order valence-corrected chi connectivity index (χ0v) is 11.0. The average molecular weight is 272 g/mol. The molecule has 3 nitrogen and oxygen atoms in total. The Hall–Kier alpha value is -1.13. The van der Waals surface area contributed by atoms with Crippen molar-refractivity contribution in [2.75, 3.05) is 16.9 Å². The summed E-state index contributed by atoms with van der Waals surface area (Å²) in [6, 6.07) is 9.10. The largest absolute Gasteiger partial charge is 0.511 e. The summed E-state index contributed by atoms with van der Waals surface area (Å²) in [6.45, 7) is 1.49. The highest BCUT2D eigenvalue weighted by Crippen LogP contribution is 2.21. The average Bonchev–Trinajstić information content (AvgIpc) is 2.30. The number of allylic oxidation sites excluding steroid dienone is 1. The lowest BCUT2D eigenvalue weighted by molar-refractivity contribution is -0.112. The monoisotopic (exact) mass is 271 g/mol. The second-order valence-corrected chi connectivity index (χ2v) is 4.76. The van der Waals surface area contributed by atoms with Crippen LogP contribution in [-0.2, 0) is 4.79 Å². The molecule has 1 amide bonds. The van der Waals surface area contributed by atoms with Gasteiger partial charge in [0, 0.05) is 17.3 Å². The molecule has 1 aromatic carbocycles. The third-order valence-corrected chi connectivity index (χ3v) is 3.48. The van der Waals surface area contributed by atoms with E-state index in [1.54, 1.807) is 12.1 Å². The standard InChI is InChI=1S/C12H14ClNO2S/c1-9(15)11(17-8-7-13)12(16)14-10-5-3-2-4-6-10/h2-6,15H,7-8H2,1H3,(H,14,16)/b11-9-. The van der Waals surface area contributed by atoms with Gasteiger partial charge in [-0.1, -0.05) is 18.2 Å². The van der Waals surface area contributed by atoms with Crippen LogP contribution in [0.1, 0.15) is 6.92 Å². The zero-order chi connectivity index (χ0) is 12.7. The molecule has 0 spiro atoms. The number of para-hydroxylation sites is 1. The van der Waals surface area contributed by atoms with Gasteiger partial charge in [-0.2, -0.15) is 0 Å². The molecule has 1 rings (SSSR count). The van der Waals surface area contributed by atoms with Gasteiger partial charge in [-0.25, -0.2) is 0 Å². The van der Waals surface area contributed by atoms with Crippen LogP contribution in [0.2, 0.25) is 0 Å². The van der Waals surface area contributed by atoms with E-state index in [0.717, 1.165) is 0 Å². The summed E-state index contributed by atoms with van der Waals surface area (Å²) in [5.41, 5.74) is 0.697. The van der Waals surface area contributed by atoms with Crippen LogP contribution < -0.4 is 5.32 Å². The minimum atomic E-state index is -0.314. The molecule has 0 saturated carbocycles. The lowest BCUT2D eigenvalue weighted by Crippen LogP contribution is -2.14. The van der Waals surface area contributed by atoms with Crippen LogP contribution >= 0.6 is 23.4 Å². The van der Waals surface area contributed by atoms with Crippen molar-refractivity contribution in [1.29, 1.82) is 0 Å². The van der Waals surface area contributed by atoms with Gasteiger partial charge in [0.25, 0.3) is 5.91 Å². The van der Waals surface area contributed by atoms with Gasteiger partial charge in [0.15, 0.2) is 0 Å². The number of alkyl halides is 1. The number of thioether (sulfide) groups is 1. The maximum Gasteiger partial charge on any atom is 0.265 e. The van der Waals surface area contributed by atoms with E-state index in [1.807, 2.05) is 18.2 Å². The van der Waals surface area contributed by atoms with Gasteiger partial charge in [0.2, 0.25) is 0 Å². The highest BCUT2D eigenvalue weighted by molar-refractivity contribution is 8.04. The zero-order valence-electron chi connectivity index (χ0n) is 9.44. The molecule has 0 heterocycles. The Morgan fingerprint density at radius 2 is 2.06 bits per heavy atom. The van der Waals surface area contributed by atoms with Crippen LogP contribution in [0.25, 0.3) is 0 Å². The van der Waals surface area contributed by atoms with Crippen LogP contribution in [0.4, 0.5) is 5.69 Å². The Morgan fingerprint density at radius 1 is 1.41 bits per heavy atom. The normalized spacial score (nSPS) is 11.9. The number of carbonyl (C=O) groups is 1. The third-order valence-electron chi connectivity index (χ3n) is 1.89. The van der Waals surface area contributed by atoms with Crippen molar-refractivity contribution in [1.82, 2.24) is 0 Å². The molecule has 0 atom stereocenters. The number of amides is 1. The van der Waals surface area contributed by atoms with E-state index in [4.69, 9.17) is 11.6 Å². The molecule has 0 aliphatic carbocycles. The van der Waals surface area contributed by atoms with E-state index in [0.29, 0.717) is 22.2 Å². The first-order valence-corrected chi connectivity index (χ1v) is 6.62. The number of hydrogen-bond acceptors (Lipinski definition) is 3. The van der Waals surface area contributed by atoms with Crippen LogP contribution in [0.5, 0.6) is 0 Å². The van der Waals surface area contributed by atoms with Crippen LogP contribution in [0.3, 0.4) is 0 Å². The molecule has 0 radical (unpaired) electrons. The van der Waals surface area contributed by atoms with Crippen molar-refractivity contribution in [3.8, 4) is 0 Å². The second-order valence-electron chi connectivity index (χ2n) is 3.27. The summed E-state index contributed by atoms with van der Waals surface area (Å²) in [4.78, 5) is 12.2. The highest BCUT2D eigenvalue weighted by atomic mass is 35.5. The number of anilines is 1. The Morgan fingerprint density at radius 3 is 2.59 bits per heavy atom. The van der Waals surface area contributed by atoms with Crippen molar-refractivity contribution in [2.24, 2.45) is 0 Å². The van der Waals surface area contributed by atoms with Gasteiger partial charge in [0.05, 0.1) is 0 Å². The first-order chi connectivity index (χ1) is 8.15. The summed E-state index contributed by atoms with van der Waals surface area (Å²) in [5.74, 6) is 0.705. The smallest absolute Gasteiger partial charge is 0.265 e. The number of aliphatic hydroxyl groups excluding tert-OH is 1. The molecule has 0 unspecified atom stereocenters. The van der Waals surface area contributed by atoms with E-state index in [-0.39, 0.29) is 11.7 Å². The van der Waals surface area contributed by atoms with Gasteiger partial charge >= 0.3 is 0 Å². The van der Waals surface area contributed by atoms with E-state index >= 15 is 0 Å². The fourth-order valence-corrected chi connectivity index (χ4v) is 2.09. The molecule has 2 N–H and O–H groups in total. The SMILES string of the molecule is C/C(O)=C(/SCCCl)C(=O)Nc1ccccc1. The predicted octanol–water partition coefficient (Wildman–Crippen LogP) is 3.39. The van der Waals surface area contributed by atoms with E-state index in [2.05, 4.69) is 5.32 Å². The number of rotatable bonds is 5. The van der Waals surface area contributed by atoms with Gasteiger partial charge in [-0.05, 0) is 19.1 Å². The molecule has 92 valence electrons. The fraction of sp³-hybridized carbons (Fsp3) is 0.250. The first-order valence-electron chi connectivity index (χ1n) is 5.10. The molecule has 0 fully saturated rings. The van der Waals surface area contributed by atoms with Gasteiger partial charge < -0.3 is 10.4 Å².